The Kier molecular flexibility index (Phi) is 8.98. The summed E-state index contributed by atoms with van der Waals surface area (Å²) >= 11 is 15.5. The highest BCUT2D eigenvalue weighted by Gasteiger charge is 2.27. The highest BCUT2D eigenvalue weighted by Crippen LogP contribution is 2.24. The van der Waals surface area contributed by atoms with Crippen molar-refractivity contribution in [2.45, 2.75) is 11.4 Å². The van der Waals surface area contributed by atoms with Gasteiger partial charge in [0.05, 0.1) is 22.6 Å². The average molecular weight is 600 g/mol. The number of nitrogens with one attached hydrogen (secondary N) is 1. The lowest BCUT2D eigenvalue weighted by Crippen LogP contribution is -2.39. The molecule has 0 fully saturated rings. The number of hydrogen-bond acceptors (Lipinski definition) is 6. The first kappa shape index (κ1) is 26.8. The smallest absolute Gasteiger partial charge is 0.270 e. The van der Waals surface area contributed by atoms with E-state index in [2.05, 4.69) is 26.5 Å². The number of sulfonamides is 1. The van der Waals surface area contributed by atoms with Gasteiger partial charge in [-0.3, -0.25) is 14.9 Å². The third-order valence-corrected chi connectivity index (χ3v) is 7.71. The first-order valence-corrected chi connectivity index (χ1v) is 12.8. The number of nitro benzene ring substituents is 1. The quantitative estimate of drug-likeness (QED) is 0.211. The van der Waals surface area contributed by atoms with Gasteiger partial charge in [0, 0.05) is 38.8 Å². The van der Waals surface area contributed by atoms with Crippen LogP contribution in [0.25, 0.3) is 0 Å². The first-order chi connectivity index (χ1) is 16.6. The predicted molar refractivity (Wildman–Crippen MR) is 137 cm³/mol. The molecule has 3 rings (SSSR count). The van der Waals surface area contributed by atoms with E-state index in [9.17, 15) is 23.3 Å². The molecule has 0 saturated heterocycles. The van der Waals surface area contributed by atoms with Crippen molar-refractivity contribution in [3.05, 3.63) is 102 Å². The fourth-order valence-corrected chi connectivity index (χ4v) is 4.91. The van der Waals surface area contributed by atoms with Crippen molar-refractivity contribution in [2.75, 3.05) is 6.54 Å². The summed E-state index contributed by atoms with van der Waals surface area (Å²) in [6.45, 7) is -0.727. The minimum Gasteiger partial charge on any atom is -0.272 e. The van der Waals surface area contributed by atoms with Crippen LogP contribution in [-0.2, 0) is 21.4 Å². The molecule has 0 aromatic heterocycles. The predicted octanol–water partition coefficient (Wildman–Crippen LogP) is 5.01. The molecule has 1 N–H and O–H groups in total. The molecule has 0 heterocycles. The van der Waals surface area contributed by atoms with Crippen molar-refractivity contribution in [2.24, 2.45) is 5.10 Å². The van der Waals surface area contributed by atoms with Crippen LogP contribution in [0.3, 0.4) is 0 Å². The summed E-state index contributed by atoms with van der Waals surface area (Å²) in [5, 5.41) is 15.2. The van der Waals surface area contributed by atoms with Gasteiger partial charge in [-0.25, -0.2) is 13.8 Å². The zero-order chi connectivity index (χ0) is 25.6. The SMILES string of the molecule is O=C(CN(Cc1ccccc1Cl)S(=O)(=O)c1ccc(Br)cc1)N/N=C/c1cc([N+](=O)[O-])ccc1Cl. The van der Waals surface area contributed by atoms with Gasteiger partial charge in [0.15, 0.2) is 0 Å². The maximum atomic E-state index is 13.3. The molecule has 13 heteroatoms. The van der Waals surface area contributed by atoms with Crippen molar-refractivity contribution in [1.82, 2.24) is 9.73 Å². The van der Waals surface area contributed by atoms with E-state index in [1.165, 1.54) is 30.3 Å². The molecule has 0 atom stereocenters. The van der Waals surface area contributed by atoms with Crippen LogP contribution in [0, 0.1) is 10.1 Å². The number of hydrazone groups is 1. The molecule has 0 aliphatic rings. The van der Waals surface area contributed by atoms with Crippen molar-refractivity contribution < 1.29 is 18.1 Å². The van der Waals surface area contributed by atoms with E-state index in [-0.39, 0.29) is 27.7 Å². The Morgan fingerprint density at radius 3 is 2.43 bits per heavy atom. The second kappa shape index (κ2) is 11.7. The van der Waals surface area contributed by atoms with Crippen LogP contribution in [0.1, 0.15) is 11.1 Å². The highest BCUT2D eigenvalue weighted by molar-refractivity contribution is 9.10. The summed E-state index contributed by atoms with van der Waals surface area (Å²) in [4.78, 5) is 22.9. The summed E-state index contributed by atoms with van der Waals surface area (Å²) in [6.07, 6.45) is 1.13. The number of halogens is 3. The molecule has 0 aliphatic carbocycles. The number of benzene rings is 3. The number of rotatable bonds is 9. The van der Waals surface area contributed by atoms with Crippen LogP contribution < -0.4 is 5.43 Å². The van der Waals surface area contributed by atoms with Crippen molar-refractivity contribution in [3.8, 4) is 0 Å². The van der Waals surface area contributed by atoms with E-state index in [4.69, 9.17) is 23.2 Å². The Labute approximate surface area is 219 Å². The van der Waals surface area contributed by atoms with Gasteiger partial charge in [-0.15, -0.1) is 0 Å². The zero-order valence-electron chi connectivity index (χ0n) is 17.8. The molecule has 3 aromatic carbocycles. The topological polar surface area (TPSA) is 122 Å². The Hall–Kier alpha value is -2.83. The summed E-state index contributed by atoms with van der Waals surface area (Å²) in [5.74, 6) is -0.740. The molecule has 0 spiro atoms. The zero-order valence-corrected chi connectivity index (χ0v) is 21.7. The number of hydrogen-bond donors (Lipinski definition) is 1. The van der Waals surface area contributed by atoms with E-state index in [1.807, 2.05) is 0 Å². The Morgan fingerprint density at radius 2 is 1.77 bits per heavy atom. The van der Waals surface area contributed by atoms with Gasteiger partial charge in [-0.05, 0) is 42.0 Å². The van der Waals surface area contributed by atoms with Gasteiger partial charge in [-0.2, -0.15) is 9.41 Å². The second-order valence-electron chi connectivity index (χ2n) is 7.07. The van der Waals surface area contributed by atoms with Crippen LogP contribution in [0.2, 0.25) is 10.0 Å². The molecule has 9 nitrogen and oxygen atoms in total. The van der Waals surface area contributed by atoms with Gasteiger partial charge >= 0.3 is 0 Å². The minimum atomic E-state index is -4.08. The lowest BCUT2D eigenvalue weighted by Gasteiger charge is -2.22. The van der Waals surface area contributed by atoms with E-state index < -0.39 is 27.4 Å². The summed E-state index contributed by atoms with van der Waals surface area (Å²) < 4.78 is 28.3. The third-order valence-electron chi connectivity index (χ3n) is 4.66. The van der Waals surface area contributed by atoms with Crippen LogP contribution in [0.15, 0.2) is 81.2 Å². The van der Waals surface area contributed by atoms with Crippen molar-refractivity contribution in [3.63, 3.8) is 0 Å². The molecule has 35 heavy (non-hydrogen) atoms. The van der Waals surface area contributed by atoms with Gasteiger partial charge in [0.25, 0.3) is 11.6 Å². The molecule has 0 aliphatic heterocycles. The Bertz CT molecular complexity index is 1380. The number of nitro groups is 1. The molecule has 182 valence electrons. The normalized spacial score (nSPS) is 11.7. The minimum absolute atomic E-state index is 0.00701. The molecular weight excluding hydrogens is 583 g/mol. The van der Waals surface area contributed by atoms with Gasteiger partial charge in [0.1, 0.15) is 0 Å². The van der Waals surface area contributed by atoms with Crippen molar-refractivity contribution >= 4 is 67.0 Å². The molecule has 1 amide bonds. The summed E-state index contributed by atoms with van der Waals surface area (Å²) in [5.41, 5.74) is 2.74. The molecule has 3 aromatic rings. The molecule has 0 unspecified atom stereocenters. The monoisotopic (exact) mass is 598 g/mol. The lowest BCUT2D eigenvalue weighted by atomic mass is 10.2. The number of amides is 1. The van der Waals surface area contributed by atoms with Gasteiger partial charge in [0.2, 0.25) is 10.0 Å². The number of nitrogens with zero attached hydrogens (tertiary/aromatic N) is 3. The summed E-state index contributed by atoms with van der Waals surface area (Å²) in [7, 11) is -4.08. The van der Waals surface area contributed by atoms with Gasteiger partial charge < -0.3 is 0 Å². The van der Waals surface area contributed by atoms with E-state index in [0.717, 1.165) is 10.5 Å². The van der Waals surface area contributed by atoms with E-state index in [1.54, 1.807) is 36.4 Å². The molecule has 0 saturated carbocycles. The lowest BCUT2D eigenvalue weighted by molar-refractivity contribution is -0.384. The van der Waals surface area contributed by atoms with Crippen LogP contribution >= 0.6 is 39.1 Å². The van der Waals surface area contributed by atoms with E-state index in [0.29, 0.717) is 15.1 Å². The Morgan fingerprint density at radius 1 is 1.09 bits per heavy atom. The number of non-ortho nitro benzene ring substituents is 1. The molecule has 0 bridgehead atoms. The van der Waals surface area contributed by atoms with Crippen LogP contribution in [0.4, 0.5) is 5.69 Å². The average Bonchev–Trinajstić information content (AvgIpc) is 2.81. The van der Waals surface area contributed by atoms with E-state index >= 15 is 0 Å². The molecular formula is C22H17BrCl2N4O5S. The fraction of sp³-hybridized carbons (Fsp3) is 0.0909. The summed E-state index contributed by atoms with van der Waals surface area (Å²) in [6, 6.07) is 16.4. The van der Waals surface area contributed by atoms with Crippen molar-refractivity contribution in [1.29, 1.82) is 0 Å². The molecule has 0 radical (unpaired) electrons. The maximum Gasteiger partial charge on any atom is 0.270 e. The second-order valence-corrected chi connectivity index (χ2v) is 10.7. The maximum absolute atomic E-state index is 13.3. The first-order valence-electron chi connectivity index (χ1n) is 9.83. The number of carbonyl (C=O) groups excluding carboxylic acids is 1. The fourth-order valence-electron chi connectivity index (χ4n) is 2.91. The number of carbonyl (C=O) groups is 1. The van der Waals surface area contributed by atoms with Crippen LogP contribution in [-0.4, -0.2) is 36.3 Å². The third kappa shape index (κ3) is 7.09. The highest BCUT2D eigenvalue weighted by atomic mass is 79.9. The van der Waals surface area contributed by atoms with Gasteiger partial charge in [-0.1, -0.05) is 57.3 Å². The largest absolute Gasteiger partial charge is 0.272 e. The van der Waals surface area contributed by atoms with Crippen LogP contribution in [0.5, 0.6) is 0 Å². The standard InChI is InChI=1S/C22H17BrCl2N4O5S/c23-17-5-8-19(9-6-17)35(33,34)28(13-15-3-1-2-4-20(15)24)14-22(30)27-26-12-16-11-18(29(31)32)7-10-21(16)25/h1-12H,13-14H2,(H,27,30)/b26-12+. The Balaban J connectivity index is 1.82.